The van der Waals surface area contributed by atoms with Crippen molar-refractivity contribution in [2.45, 2.75) is 51.0 Å². The second-order valence-electron chi connectivity index (χ2n) is 9.14. The molecule has 1 heterocycles. The van der Waals surface area contributed by atoms with Gasteiger partial charge >= 0.3 is 12.1 Å². The third-order valence-electron chi connectivity index (χ3n) is 6.29. The molecular formula is C27H27F4N3O6. The van der Waals surface area contributed by atoms with E-state index in [0.29, 0.717) is 5.56 Å². The lowest BCUT2D eigenvalue weighted by molar-refractivity contribution is -0.141. The first kappa shape index (κ1) is 30.1. The molecule has 0 saturated carbocycles. The molecule has 1 aliphatic rings. The molecule has 1 aliphatic heterocycles. The molecule has 40 heavy (non-hydrogen) atoms. The summed E-state index contributed by atoms with van der Waals surface area (Å²) in [6, 6.07) is 6.65. The molecule has 2 aromatic carbocycles. The largest absolute Gasteiger partial charge is 0.503 e. The summed E-state index contributed by atoms with van der Waals surface area (Å²) in [5.41, 5.74) is -1.64. The van der Waals surface area contributed by atoms with E-state index >= 15 is 0 Å². The molecule has 2 atom stereocenters. The zero-order chi connectivity index (χ0) is 29.6. The number of aliphatic carboxylic acids is 1. The van der Waals surface area contributed by atoms with Gasteiger partial charge in [-0.25, -0.2) is 9.18 Å². The predicted molar refractivity (Wildman–Crippen MR) is 133 cm³/mol. The lowest BCUT2D eigenvalue weighted by Gasteiger charge is -2.29. The topological polar surface area (TPSA) is 136 Å². The standard InChI is InChI=1S/C27H27F4N3O6/c1-15(35)33-20(26(39)40)8-4-5-13-34-22(18-6-2-3-7-19(18)27(29,30)31)21(23(36)25(34)38)24(37)32-14-16-9-11-17(28)12-10-16/h2-3,6-7,9-12,20,22,36H,4-5,8,13-14H2,1H3,(H,32,37)(H,33,35)(H,39,40)/t20-,22?/m1/s1. The molecule has 3 amide bonds. The third kappa shape index (κ3) is 7.16. The Morgan fingerprint density at radius 1 is 1.05 bits per heavy atom. The van der Waals surface area contributed by atoms with E-state index in [0.717, 1.165) is 42.2 Å². The number of halogens is 4. The molecule has 0 radical (unpaired) electrons. The van der Waals surface area contributed by atoms with E-state index in [1.807, 2.05) is 0 Å². The maximum absolute atomic E-state index is 13.9. The molecule has 0 aromatic heterocycles. The number of carbonyl (C=O) groups is 4. The van der Waals surface area contributed by atoms with Crippen LogP contribution in [-0.4, -0.2) is 51.4 Å². The number of unbranched alkanes of at least 4 members (excludes halogenated alkanes) is 1. The summed E-state index contributed by atoms with van der Waals surface area (Å²) in [7, 11) is 0. The van der Waals surface area contributed by atoms with Crippen molar-refractivity contribution >= 4 is 23.7 Å². The van der Waals surface area contributed by atoms with Crippen LogP contribution in [0.4, 0.5) is 17.6 Å². The van der Waals surface area contributed by atoms with E-state index in [2.05, 4.69) is 10.6 Å². The molecule has 0 aliphatic carbocycles. The van der Waals surface area contributed by atoms with Crippen LogP contribution in [0.2, 0.25) is 0 Å². The zero-order valence-electron chi connectivity index (χ0n) is 21.3. The monoisotopic (exact) mass is 565 g/mol. The lowest BCUT2D eigenvalue weighted by atomic mass is 9.93. The zero-order valence-corrected chi connectivity index (χ0v) is 21.3. The molecule has 0 fully saturated rings. The third-order valence-corrected chi connectivity index (χ3v) is 6.29. The summed E-state index contributed by atoms with van der Waals surface area (Å²) in [5.74, 6) is -5.41. The number of carbonyl (C=O) groups excluding carboxylic acids is 3. The Bertz CT molecular complexity index is 1310. The van der Waals surface area contributed by atoms with Crippen molar-refractivity contribution in [1.29, 1.82) is 0 Å². The van der Waals surface area contributed by atoms with Crippen LogP contribution in [0.3, 0.4) is 0 Å². The highest BCUT2D eigenvalue weighted by atomic mass is 19.4. The number of nitrogens with one attached hydrogen (secondary N) is 2. The molecule has 13 heteroatoms. The molecule has 0 spiro atoms. The lowest BCUT2D eigenvalue weighted by Crippen LogP contribution is -2.39. The van der Waals surface area contributed by atoms with Crippen LogP contribution in [0.25, 0.3) is 0 Å². The highest BCUT2D eigenvalue weighted by Crippen LogP contribution is 2.43. The molecule has 4 N–H and O–H groups in total. The molecule has 9 nitrogen and oxygen atoms in total. The first-order chi connectivity index (χ1) is 18.8. The van der Waals surface area contributed by atoms with Gasteiger partial charge in [0.15, 0.2) is 5.76 Å². The Morgan fingerprint density at radius 3 is 2.30 bits per heavy atom. The summed E-state index contributed by atoms with van der Waals surface area (Å²) in [5, 5.41) is 24.6. The van der Waals surface area contributed by atoms with E-state index < -0.39 is 70.2 Å². The van der Waals surface area contributed by atoms with Gasteiger partial charge in [0.2, 0.25) is 5.91 Å². The Balaban J connectivity index is 1.88. The minimum atomic E-state index is -4.84. The van der Waals surface area contributed by atoms with Gasteiger partial charge in [-0.1, -0.05) is 30.3 Å². The SMILES string of the molecule is CC(=O)N[C@H](CCCCN1C(=O)C(O)=C(C(=O)NCc2ccc(F)cc2)C1c1ccccc1C(F)(F)F)C(=O)O. The molecular weight excluding hydrogens is 538 g/mol. The Morgan fingerprint density at radius 2 is 1.70 bits per heavy atom. The summed E-state index contributed by atoms with van der Waals surface area (Å²) < 4.78 is 55.0. The highest BCUT2D eigenvalue weighted by Gasteiger charge is 2.46. The summed E-state index contributed by atoms with van der Waals surface area (Å²) in [6.07, 6.45) is -4.61. The van der Waals surface area contributed by atoms with Gasteiger partial charge in [0.25, 0.3) is 11.8 Å². The van der Waals surface area contributed by atoms with E-state index in [-0.39, 0.29) is 32.4 Å². The Kier molecular flexibility index (Phi) is 9.51. The average molecular weight is 566 g/mol. The number of benzene rings is 2. The van der Waals surface area contributed by atoms with Crippen LogP contribution >= 0.6 is 0 Å². The summed E-state index contributed by atoms with van der Waals surface area (Å²) >= 11 is 0. The normalized spacial score (nSPS) is 16.2. The number of aliphatic hydroxyl groups is 1. The second kappa shape index (κ2) is 12.6. The van der Waals surface area contributed by atoms with Crippen LogP contribution in [0.5, 0.6) is 0 Å². The van der Waals surface area contributed by atoms with Crippen molar-refractivity contribution < 1.29 is 47.0 Å². The Hall–Kier alpha value is -4.42. The molecule has 0 saturated heterocycles. The first-order valence-electron chi connectivity index (χ1n) is 12.2. The summed E-state index contributed by atoms with van der Waals surface area (Å²) in [4.78, 5) is 49.7. The van der Waals surface area contributed by atoms with Crippen molar-refractivity contribution in [2.24, 2.45) is 0 Å². The fraction of sp³-hybridized carbons (Fsp3) is 0.333. The number of hydrogen-bond acceptors (Lipinski definition) is 5. The maximum atomic E-state index is 13.9. The van der Waals surface area contributed by atoms with Crippen LogP contribution in [0.15, 0.2) is 59.9 Å². The number of amides is 3. The predicted octanol–water partition coefficient (Wildman–Crippen LogP) is 3.62. The first-order valence-corrected chi connectivity index (χ1v) is 12.2. The quantitative estimate of drug-likeness (QED) is 0.243. The number of hydrogen-bond donors (Lipinski definition) is 4. The van der Waals surface area contributed by atoms with E-state index in [4.69, 9.17) is 0 Å². The maximum Gasteiger partial charge on any atom is 0.416 e. The number of aliphatic hydroxyl groups excluding tert-OH is 1. The van der Waals surface area contributed by atoms with Crippen LogP contribution < -0.4 is 10.6 Å². The van der Waals surface area contributed by atoms with Crippen molar-refractivity contribution in [1.82, 2.24) is 15.5 Å². The van der Waals surface area contributed by atoms with Crippen LogP contribution in [0.1, 0.15) is 48.9 Å². The number of carboxylic acids is 1. The molecule has 2 aromatic rings. The molecule has 3 rings (SSSR count). The van der Waals surface area contributed by atoms with Crippen LogP contribution in [-0.2, 0) is 31.9 Å². The van der Waals surface area contributed by atoms with E-state index in [1.165, 1.54) is 18.2 Å². The fourth-order valence-corrected chi connectivity index (χ4v) is 4.45. The highest BCUT2D eigenvalue weighted by molar-refractivity contribution is 6.08. The molecule has 1 unspecified atom stereocenters. The van der Waals surface area contributed by atoms with Crippen molar-refractivity contribution in [3.63, 3.8) is 0 Å². The van der Waals surface area contributed by atoms with Gasteiger partial charge in [0.05, 0.1) is 17.2 Å². The number of rotatable bonds is 11. The number of nitrogens with zero attached hydrogens (tertiary/aromatic N) is 1. The minimum absolute atomic E-state index is 0.0226. The smallest absolute Gasteiger partial charge is 0.416 e. The van der Waals surface area contributed by atoms with Gasteiger partial charge in [-0.2, -0.15) is 13.2 Å². The molecule has 0 bridgehead atoms. The van der Waals surface area contributed by atoms with Gasteiger partial charge in [-0.05, 0) is 48.6 Å². The average Bonchev–Trinajstić information content (AvgIpc) is 3.14. The van der Waals surface area contributed by atoms with E-state index in [9.17, 15) is 47.0 Å². The summed E-state index contributed by atoms with van der Waals surface area (Å²) in [6.45, 7) is 0.775. The second-order valence-corrected chi connectivity index (χ2v) is 9.14. The van der Waals surface area contributed by atoms with E-state index in [1.54, 1.807) is 0 Å². The number of alkyl halides is 3. The number of carboxylic acid groups (broad SMARTS) is 1. The Labute approximate surface area is 226 Å². The van der Waals surface area contributed by atoms with Gasteiger partial charge in [0.1, 0.15) is 11.9 Å². The van der Waals surface area contributed by atoms with Gasteiger partial charge in [0, 0.05) is 20.0 Å². The minimum Gasteiger partial charge on any atom is -0.503 e. The van der Waals surface area contributed by atoms with Crippen molar-refractivity contribution in [3.05, 3.63) is 82.4 Å². The van der Waals surface area contributed by atoms with Gasteiger partial charge < -0.3 is 25.7 Å². The fourth-order valence-electron chi connectivity index (χ4n) is 4.45. The van der Waals surface area contributed by atoms with Gasteiger partial charge in [-0.3, -0.25) is 14.4 Å². The van der Waals surface area contributed by atoms with Gasteiger partial charge in [-0.15, -0.1) is 0 Å². The molecule has 214 valence electrons. The van der Waals surface area contributed by atoms with Crippen LogP contribution in [0, 0.1) is 5.82 Å². The van der Waals surface area contributed by atoms with Crippen molar-refractivity contribution in [2.75, 3.05) is 6.54 Å². The van der Waals surface area contributed by atoms with Crippen molar-refractivity contribution in [3.8, 4) is 0 Å².